The first-order valence-electron chi connectivity index (χ1n) is 9.72. The van der Waals surface area contributed by atoms with Crippen LogP contribution in [0.4, 0.5) is 4.79 Å². The lowest BCUT2D eigenvalue weighted by Gasteiger charge is -2.30. The third kappa shape index (κ3) is 3.16. The Labute approximate surface area is 163 Å². The second-order valence-corrected chi connectivity index (χ2v) is 7.95. The van der Waals surface area contributed by atoms with Gasteiger partial charge in [0.15, 0.2) is 11.5 Å². The molecule has 150 valence electrons. The molecule has 28 heavy (non-hydrogen) atoms. The minimum absolute atomic E-state index is 0.0993. The summed E-state index contributed by atoms with van der Waals surface area (Å²) in [5, 5.41) is 5.70. The van der Waals surface area contributed by atoms with Gasteiger partial charge >= 0.3 is 6.03 Å². The number of rotatable bonds is 4. The van der Waals surface area contributed by atoms with Gasteiger partial charge in [-0.15, -0.1) is 0 Å². The predicted molar refractivity (Wildman–Crippen MR) is 99.7 cm³/mol. The summed E-state index contributed by atoms with van der Waals surface area (Å²) in [6, 6.07) is 4.65. The van der Waals surface area contributed by atoms with E-state index in [1.54, 1.807) is 25.1 Å². The average Bonchev–Trinajstić information content (AvgIpc) is 3.22. The summed E-state index contributed by atoms with van der Waals surface area (Å²) in [6.07, 6.45) is 4.27. The molecular weight excluding hydrogens is 362 g/mol. The van der Waals surface area contributed by atoms with E-state index >= 15 is 0 Å². The summed E-state index contributed by atoms with van der Waals surface area (Å²) in [4.78, 5) is 38.9. The van der Waals surface area contributed by atoms with Gasteiger partial charge in [-0.1, -0.05) is 25.8 Å². The molecule has 4 amide bonds. The number of carbonyl (C=O) groups is 3. The highest BCUT2D eigenvalue weighted by Crippen LogP contribution is 2.37. The van der Waals surface area contributed by atoms with Crippen LogP contribution in [-0.2, 0) is 15.1 Å². The molecule has 2 fully saturated rings. The van der Waals surface area contributed by atoms with Crippen LogP contribution in [0.3, 0.4) is 0 Å². The summed E-state index contributed by atoms with van der Waals surface area (Å²) >= 11 is 0. The Bertz CT molecular complexity index is 826. The van der Waals surface area contributed by atoms with Crippen molar-refractivity contribution in [1.29, 1.82) is 0 Å². The first-order chi connectivity index (χ1) is 13.4. The summed E-state index contributed by atoms with van der Waals surface area (Å²) in [5.41, 5.74) is -0.671. The molecule has 2 aliphatic heterocycles. The predicted octanol–water partition coefficient (Wildman–Crippen LogP) is 1.88. The number of fused-ring (bicyclic) bond motifs is 1. The second-order valence-electron chi connectivity index (χ2n) is 7.95. The van der Waals surface area contributed by atoms with Gasteiger partial charge in [0.1, 0.15) is 12.1 Å². The number of benzene rings is 1. The van der Waals surface area contributed by atoms with Crippen molar-refractivity contribution in [3.05, 3.63) is 23.8 Å². The van der Waals surface area contributed by atoms with E-state index in [4.69, 9.17) is 9.47 Å². The maximum absolute atomic E-state index is 13.0. The van der Waals surface area contributed by atoms with Gasteiger partial charge in [-0.05, 0) is 43.4 Å². The topological polar surface area (TPSA) is 97.0 Å². The number of ether oxygens (including phenoxy) is 2. The number of amides is 4. The van der Waals surface area contributed by atoms with Crippen molar-refractivity contribution in [3.63, 3.8) is 0 Å². The molecule has 3 aliphatic rings. The summed E-state index contributed by atoms with van der Waals surface area (Å²) in [5.74, 6) is 0.769. The first kappa shape index (κ1) is 18.6. The third-order valence-corrected chi connectivity index (χ3v) is 5.98. The van der Waals surface area contributed by atoms with Gasteiger partial charge in [0, 0.05) is 6.04 Å². The minimum Gasteiger partial charge on any atom is -0.454 e. The van der Waals surface area contributed by atoms with Crippen molar-refractivity contribution in [2.45, 2.75) is 51.1 Å². The number of hydrogen-bond acceptors (Lipinski definition) is 5. The molecule has 1 saturated carbocycles. The second kappa shape index (κ2) is 7.00. The van der Waals surface area contributed by atoms with Crippen LogP contribution in [0.1, 0.15) is 45.1 Å². The largest absolute Gasteiger partial charge is 0.454 e. The summed E-state index contributed by atoms with van der Waals surface area (Å²) in [7, 11) is 0. The maximum Gasteiger partial charge on any atom is 0.325 e. The van der Waals surface area contributed by atoms with Gasteiger partial charge in [0.25, 0.3) is 5.91 Å². The molecule has 1 aromatic rings. The molecule has 1 aliphatic carbocycles. The summed E-state index contributed by atoms with van der Waals surface area (Å²) < 4.78 is 10.7. The van der Waals surface area contributed by atoms with Gasteiger partial charge in [0.05, 0.1) is 0 Å². The molecule has 8 nitrogen and oxygen atoms in total. The van der Waals surface area contributed by atoms with E-state index in [1.165, 1.54) is 6.42 Å². The van der Waals surface area contributed by atoms with Crippen LogP contribution >= 0.6 is 0 Å². The maximum atomic E-state index is 13.0. The van der Waals surface area contributed by atoms with E-state index in [0.717, 1.165) is 24.2 Å². The van der Waals surface area contributed by atoms with E-state index in [-0.39, 0.29) is 25.3 Å². The SMILES string of the molecule is C[C@@H]1CCCC[C@@H]1NC(=O)CN1C(=O)N[C@](C)(c2ccc3c(c2)OCO3)C1=O. The molecule has 2 heterocycles. The minimum atomic E-state index is -1.25. The highest BCUT2D eigenvalue weighted by molar-refractivity contribution is 6.09. The fourth-order valence-electron chi connectivity index (χ4n) is 4.17. The lowest BCUT2D eigenvalue weighted by atomic mass is 9.86. The standard InChI is InChI=1S/C20H25N3O5/c1-12-5-3-4-6-14(12)21-17(24)10-23-18(25)20(2,22-19(23)26)13-7-8-15-16(9-13)28-11-27-15/h7-9,12,14H,3-6,10-11H2,1-2H3,(H,21,24)(H,22,26)/t12-,14+,20-/m1/s1. The monoisotopic (exact) mass is 387 g/mol. The Morgan fingerprint density at radius 3 is 2.79 bits per heavy atom. The van der Waals surface area contributed by atoms with Crippen LogP contribution in [0.25, 0.3) is 0 Å². The molecule has 2 N–H and O–H groups in total. The molecule has 0 radical (unpaired) electrons. The van der Waals surface area contributed by atoms with E-state index in [0.29, 0.717) is 23.0 Å². The molecule has 8 heteroatoms. The molecule has 0 bridgehead atoms. The number of imide groups is 1. The fraction of sp³-hybridized carbons (Fsp3) is 0.550. The van der Waals surface area contributed by atoms with Crippen molar-refractivity contribution in [1.82, 2.24) is 15.5 Å². The molecule has 0 aromatic heterocycles. The van der Waals surface area contributed by atoms with Crippen LogP contribution in [0, 0.1) is 5.92 Å². The highest BCUT2D eigenvalue weighted by Gasteiger charge is 2.50. The average molecular weight is 387 g/mol. The zero-order valence-corrected chi connectivity index (χ0v) is 16.1. The van der Waals surface area contributed by atoms with Gasteiger partial charge in [-0.25, -0.2) is 4.79 Å². The van der Waals surface area contributed by atoms with E-state index in [9.17, 15) is 14.4 Å². The van der Waals surface area contributed by atoms with Crippen molar-refractivity contribution < 1.29 is 23.9 Å². The summed E-state index contributed by atoms with van der Waals surface area (Å²) in [6.45, 7) is 3.59. The zero-order valence-electron chi connectivity index (χ0n) is 16.1. The van der Waals surface area contributed by atoms with Gasteiger partial charge in [0.2, 0.25) is 12.7 Å². The van der Waals surface area contributed by atoms with Crippen molar-refractivity contribution in [3.8, 4) is 11.5 Å². The Balaban J connectivity index is 1.47. The molecule has 1 aromatic carbocycles. The number of nitrogens with one attached hydrogen (secondary N) is 2. The van der Waals surface area contributed by atoms with Crippen LogP contribution in [-0.4, -0.2) is 42.1 Å². The number of urea groups is 1. The van der Waals surface area contributed by atoms with Gasteiger partial charge < -0.3 is 20.1 Å². The first-order valence-corrected chi connectivity index (χ1v) is 9.72. The highest BCUT2D eigenvalue weighted by atomic mass is 16.7. The molecule has 3 atom stereocenters. The van der Waals surface area contributed by atoms with Crippen LogP contribution in [0.2, 0.25) is 0 Å². The molecule has 4 rings (SSSR count). The third-order valence-electron chi connectivity index (χ3n) is 5.98. The number of nitrogens with zero attached hydrogens (tertiary/aromatic N) is 1. The number of hydrogen-bond donors (Lipinski definition) is 2. The Kier molecular flexibility index (Phi) is 4.64. The lowest BCUT2D eigenvalue weighted by Crippen LogP contribution is -2.47. The van der Waals surface area contributed by atoms with Crippen molar-refractivity contribution in [2.24, 2.45) is 5.92 Å². The Hall–Kier alpha value is -2.77. The Morgan fingerprint density at radius 1 is 1.25 bits per heavy atom. The van der Waals surface area contributed by atoms with Gasteiger partial charge in [-0.3, -0.25) is 14.5 Å². The van der Waals surface area contributed by atoms with Crippen molar-refractivity contribution in [2.75, 3.05) is 13.3 Å². The molecular formula is C20H25N3O5. The smallest absolute Gasteiger partial charge is 0.325 e. The van der Waals surface area contributed by atoms with E-state index in [2.05, 4.69) is 17.6 Å². The Morgan fingerprint density at radius 2 is 2.00 bits per heavy atom. The van der Waals surface area contributed by atoms with E-state index < -0.39 is 17.5 Å². The van der Waals surface area contributed by atoms with Gasteiger partial charge in [-0.2, -0.15) is 0 Å². The van der Waals surface area contributed by atoms with Crippen LogP contribution < -0.4 is 20.1 Å². The van der Waals surface area contributed by atoms with Crippen LogP contribution in [0.5, 0.6) is 11.5 Å². The fourth-order valence-corrected chi connectivity index (χ4v) is 4.17. The van der Waals surface area contributed by atoms with E-state index in [1.807, 2.05) is 0 Å². The lowest BCUT2D eigenvalue weighted by molar-refractivity contribution is -0.135. The van der Waals surface area contributed by atoms with Crippen LogP contribution in [0.15, 0.2) is 18.2 Å². The quantitative estimate of drug-likeness (QED) is 0.769. The molecule has 1 saturated heterocycles. The number of carbonyl (C=O) groups excluding carboxylic acids is 3. The normalized spacial score (nSPS) is 29.0. The van der Waals surface area contributed by atoms with Crippen molar-refractivity contribution >= 4 is 17.8 Å². The zero-order chi connectivity index (χ0) is 19.9. The molecule has 0 unspecified atom stereocenters. The molecule has 0 spiro atoms.